The molecule has 0 spiro atoms. The van der Waals surface area contributed by atoms with Crippen LogP contribution < -0.4 is 90.2 Å². The first-order valence-corrected chi connectivity index (χ1v) is 16.7. The molecular formula is C38H42N12Na2O2. The number of aliphatic hydroxyl groups is 2. The Bertz CT molecular complexity index is 1920. The van der Waals surface area contributed by atoms with Crippen LogP contribution in [-0.2, 0) is 0 Å². The number of aliphatic hydroxyl groups excluding tert-OH is 2. The van der Waals surface area contributed by atoms with Crippen LogP contribution >= 0.6 is 0 Å². The quantitative estimate of drug-likeness (QED) is 0.0590. The first kappa shape index (κ1) is 42.1. The number of para-hydroxylation sites is 2. The molecule has 268 valence electrons. The third kappa shape index (κ3) is 12.5. The molecule has 0 bridgehead atoms. The molecule has 6 rings (SSSR count). The van der Waals surface area contributed by atoms with Crippen LogP contribution in [0.15, 0.2) is 109 Å². The van der Waals surface area contributed by atoms with Crippen molar-refractivity contribution in [3.05, 3.63) is 120 Å². The monoisotopic (exact) mass is 744 g/mol. The smallest absolute Gasteiger partial charge is 1.00 e. The van der Waals surface area contributed by atoms with Gasteiger partial charge in [-0.05, 0) is 59.7 Å². The first-order chi connectivity index (χ1) is 25.4. The first-order valence-electron chi connectivity index (χ1n) is 16.7. The fraction of sp³-hybridized carbons (Fsp3) is 0.158. The zero-order chi connectivity index (χ0) is 36.1. The summed E-state index contributed by atoms with van der Waals surface area (Å²) in [5.41, 5.74) is 5.35. The number of likely N-dealkylation sites (N-methyl/N-ethyl adjacent to an activating group) is 2. The molecule has 0 aliphatic heterocycles. The van der Waals surface area contributed by atoms with Crippen molar-refractivity contribution in [2.45, 2.75) is 0 Å². The van der Waals surface area contributed by atoms with Crippen molar-refractivity contribution in [3.63, 3.8) is 0 Å². The normalized spacial score (nSPS) is 10.5. The minimum Gasteiger partial charge on any atom is -1.00 e. The zero-order valence-electron chi connectivity index (χ0n) is 32.8. The molecule has 0 unspecified atom stereocenters. The molecule has 0 saturated heterocycles. The Kier molecular flexibility index (Phi) is 16.6. The van der Waals surface area contributed by atoms with Gasteiger partial charge < -0.3 is 44.1 Å². The minimum absolute atomic E-state index is 0. The summed E-state index contributed by atoms with van der Waals surface area (Å²) >= 11 is 0. The summed E-state index contributed by atoms with van der Waals surface area (Å²) in [5.74, 6) is 2.38. The van der Waals surface area contributed by atoms with Crippen molar-refractivity contribution in [1.82, 2.24) is 29.9 Å². The second kappa shape index (κ2) is 21.3. The second-order valence-electron chi connectivity index (χ2n) is 11.7. The molecule has 0 amide bonds. The van der Waals surface area contributed by atoms with E-state index < -0.39 is 0 Å². The van der Waals surface area contributed by atoms with Crippen LogP contribution in [0.4, 0.5) is 58.4 Å². The largest absolute Gasteiger partial charge is 1.00 e. The summed E-state index contributed by atoms with van der Waals surface area (Å²) in [6.45, 7) is 0.712. The number of anilines is 10. The van der Waals surface area contributed by atoms with Gasteiger partial charge in [0, 0.05) is 49.9 Å². The average molecular weight is 745 g/mol. The molecule has 6 aromatic rings. The maximum Gasteiger partial charge on any atom is 1.00 e. The Morgan fingerprint density at radius 3 is 1.06 bits per heavy atom. The van der Waals surface area contributed by atoms with E-state index in [-0.39, 0.29) is 75.2 Å². The minimum atomic E-state index is -0.0251. The van der Waals surface area contributed by atoms with Crippen LogP contribution in [0.5, 0.6) is 0 Å². The number of aromatic nitrogens is 6. The number of hydrogen-bond acceptors (Lipinski definition) is 14. The van der Waals surface area contributed by atoms with Crippen molar-refractivity contribution in [2.75, 3.05) is 71.5 Å². The van der Waals surface area contributed by atoms with E-state index >= 15 is 0 Å². The van der Waals surface area contributed by atoms with Gasteiger partial charge in [0.1, 0.15) is 0 Å². The van der Waals surface area contributed by atoms with Gasteiger partial charge in [0.2, 0.25) is 35.7 Å². The van der Waals surface area contributed by atoms with Crippen LogP contribution in [0.1, 0.15) is 14.0 Å². The van der Waals surface area contributed by atoms with Crippen molar-refractivity contribution < 1.29 is 72.2 Å². The Morgan fingerprint density at radius 2 is 0.759 bits per heavy atom. The second-order valence-corrected chi connectivity index (χ2v) is 11.7. The van der Waals surface area contributed by atoms with Gasteiger partial charge in [-0.15, -0.1) is 0 Å². The number of rotatable bonds is 16. The van der Waals surface area contributed by atoms with Crippen molar-refractivity contribution in [1.29, 1.82) is 0 Å². The third-order valence-electron chi connectivity index (χ3n) is 7.66. The summed E-state index contributed by atoms with van der Waals surface area (Å²) in [6.07, 6.45) is 4.07. The number of nitrogens with zero attached hydrogens (tertiary/aromatic N) is 8. The molecule has 0 saturated carbocycles. The fourth-order valence-electron chi connectivity index (χ4n) is 4.90. The maximum absolute atomic E-state index is 9.43. The van der Waals surface area contributed by atoms with Gasteiger partial charge in [-0.2, -0.15) is 29.9 Å². The maximum atomic E-state index is 9.43. The van der Waals surface area contributed by atoms with Crippen LogP contribution in [0.25, 0.3) is 12.2 Å². The molecular weight excluding hydrogens is 702 g/mol. The van der Waals surface area contributed by atoms with Gasteiger partial charge in [0.15, 0.2) is 0 Å². The van der Waals surface area contributed by atoms with Gasteiger partial charge in [0.25, 0.3) is 0 Å². The summed E-state index contributed by atoms with van der Waals surface area (Å²) in [5, 5.41) is 31.8. The van der Waals surface area contributed by atoms with E-state index in [1.54, 1.807) is 9.80 Å². The molecule has 4 aromatic carbocycles. The molecule has 2 aromatic heterocycles. The molecule has 0 radical (unpaired) electrons. The van der Waals surface area contributed by atoms with Gasteiger partial charge in [0.05, 0.1) is 13.2 Å². The van der Waals surface area contributed by atoms with E-state index in [0.717, 1.165) is 33.9 Å². The SMILES string of the molecule is CN(CCO)c1nc(Nc2ccccc2)nc(Nc2ccc(C=Cc3ccc(Nc4nc(Nc5ccccc5)nc(N(C)CCO)n4)cc3)cc2)n1.[H-].[H-].[Na+].[Na+]. The van der Waals surface area contributed by atoms with Crippen LogP contribution in [0.3, 0.4) is 0 Å². The van der Waals surface area contributed by atoms with Gasteiger partial charge in [-0.3, -0.25) is 0 Å². The zero-order valence-corrected chi connectivity index (χ0v) is 34.8. The van der Waals surface area contributed by atoms with Crippen molar-refractivity contribution in [3.8, 4) is 0 Å². The van der Waals surface area contributed by atoms with E-state index in [1.807, 2.05) is 135 Å². The topological polar surface area (TPSA) is 172 Å². The average Bonchev–Trinajstić information content (AvgIpc) is 3.16. The Balaban J connectivity index is 0.00000271. The van der Waals surface area contributed by atoms with Crippen LogP contribution in [0, 0.1) is 0 Å². The van der Waals surface area contributed by atoms with Gasteiger partial charge in [-0.25, -0.2) is 0 Å². The molecule has 6 N–H and O–H groups in total. The molecule has 0 aliphatic carbocycles. The molecule has 2 heterocycles. The Morgan fingerprint density at radius 1 is 0.463 bits per heavy atom. The van der Waals surface area contributed by atoms with E-state index in [1.165, 1.54) is 0 Å². The molecule has 16 heteroatoms. The van der Waals surface area contributed by atoms with Crippen LogP contribution in [0.2, 0.25) is 0 Å². The molecule has 0 atom stereocenters. The van der Waals surface area contributed by atoms with E-state index in [2.05, 4.69) is 51.2 Å². The predicted octanol–water partition coefficient (Wildman–Crippen LogP) is 0.291. The summed E-state index contributed by atoms with van der Waals surface area (Å²) in [6, 6.07) is 35.2. The summed E-state index contributed by atoms with van der Waals surface area (Å²) in [7, 11) is 3.64. The standard InChI is InChI=1S/C38H40N12O2.2Na.2H/c1-49(23-25-51)37-45-33(39-29-9-5-3-6-10-29)43-35(47-37)41-31-19-15-27(16-20-31)13-14-28-17-21-32(22-18-28)42-36-44-34(40-30-11-7-4-8-12-30)46-38(48-36)50(2)24-26-52;;;;/h3-22,51-52H,23-26H2,1-2H3,(H2,39,41,43,45,47)(H2,40,42,44,46,48);;;;/q;2*+1;2*-1. The molecule has 54 heavy (non-hydrogen) atoms. The third-order valence-corrected chi connectivity index (χ3v) is 7.66. The Hall–Kier alpha value is -4.64. The van der Waals surface area contributed by atoms with Gasteiger partial charge in [-0.1, -0.05) is 72.8 Å². The predicted molar refractivity (Wildman–Crippen MR) is 210 cm³/mol. The molecule has 14 nitrogen and oxygen atoms in total. The van der Waals surface area contributed by atoms with Crippen molar-refractivity contribution >= 4 is 70.6 Å². The van der Waals surface area contributed by atoms with Gasteiger partial charge >= 0.3 is 59.1 Å². The van der Waals surface area contributed by atoms with Crippen LogP contribution in [-0.4, -0.2) is 80.5 Å². The number of nitrogens with one attached hydrogen (secondary N) is 4. The van der Waals surface area contributed by atoms with E-state index in [0.29, 0.717) is 48.8 Å². The number of hydrogen-bond donors (Lipinski definition) is 6. The van der Waals surface area contributed by atoms with Crippen molar-refractivity contribution in [2.24, 2.45) is 0 Å². The number of benzene rings is 4. The van der Waals surface area contributed by atoms with E-state index in [9.17, 15) is 10.2 Å². The van der Waals surface area contributed by atoms with E-state index in [4.69, 9.17) is 0 Å². The fourth-order valence-corrected chi connectivity index (χ4v) is 4.90. The summed E-state index contributed by atoms with van der Waals surface area (Å²) < 4.78 is 0. The summed E-state index contributed by atoms with van der Waals surface area (Å²) in [4.78, 5) is 30.8. The molecule has 0 aliphatic rings. The molecule has 0 fully saturated rings. The Labute approximate surface area is 361 Å².